The van der Waals surface area contributed by atoms with Crippen LogP contribution in [-0.2, 0) is 9.59 Å². The Morgan fingerprint density at radius 1 is 1.00 bits per heavy atom. The second kappa shape index (κ2) is 14.4. The highest BCUT2D eigenvalue weighted by Crippen LogP contribution is 2.32. The molecule has 0 bridgehead atoms. The molecule has 4 nitrogen and oxygen atoms in total. The number of hydrogen-bond acceptors (Lipinski definition) is 4. The zero-order valence-corrected chi connectivity index (χ0v) is 22.3. The molecule has 0 saturated carbocycles. The lowest BCUT2D eigenvalue weighted by atomic mass is 9.76. The summed E-state index contributed by atoms with van der Waals surface area (Å²) in [6, 6.07) is 0. The first kappa shape index (κ1) is 32.8. The van der Waals surface area contributed by atoms with Crippen molar-refractivity contribution in [3.8, 4) is 0 Å². The van der Waals surface area contributed by atoms with Gasteiger partial charge in [0.25, 0.3) is 11.8 Å². The predicted molar refractivity (Wildman–Crippen MR) is 149 cm³/mol. The van der Waals surface area contributed by atoms with E-state index in [9.17, 15) is 18.4 Å². The lowest BCUT2D eigenvalue weighted by Gasteiger charge is -2.28. The van der Waals surface area contributed by atoms with Crippen LogP contribution >= 0.6 is 23.5 Å². The third-order valence-electron chi connectivity index (χ3n) is 4.98. The molecule has 0 heterocycles. The van der Waals surface area contributed by atoms with Crippen LogP contribution in [0.25, 0.3) is 0 Å². The molecule has 0 fully saturated rings. The molecule has 0 rings (SSSR count). The number of unbranched alkanes of at least 4 members (excludes halogenated alkanes) is 1. The van der Waals surface area contributed by atoms with Crippen LogP contribution in [-0.4, -0.2) is 50.6 Å². The van der Waals surface area contributed by atoms with E-state index in [0.717, 1.165) is 40.5 Å². The Balaban J connectivity index is 4.49. The van der Waals surface area contributed by atoms with E-state index in [1.54, 1.807) is 6.92 Å². The van der Waals surface area contributed by atoms with Crippen LogP contribution in [0.1, 0.15) is 39.5 Å². The van der Waals surface area contributed by atoms with E-state index in [4.69, 9.17) is 15.7 Å². The first-order chi connectivity index (χ1) is 16.0. The fourth-order valence-electron chi connectivity index (χ4n) is 2.43. The molecule has 0 aromatic carbocycles. The third-order valence-corrected chi connectivity index (χ3v) is 6.83. The number of amides is 2. The quantitative estimate of drug-likeness (QED) is 0.120. The van der Waals surface area contributed by atoms with Crippen molar-refractivity contribution < 1.29 is 18.4 Å². The first-order valence-corrected chi connectivity index (χ1v) is 12.2. The largest absolute Gasteiger partial charge is 0.319 e. The molecule has 1 N–H and O–H groups in total. The van der Waals surface area contributed by atoms with Crippen molar-refractivity contribution in [1.82, 2.24) is 10.2 Å². The monoisotopic (exact) mass is 516 g/mol. The molecule has 10 heteroatoms. The average molecular weight is 516 g/mol. The Morgan fingerprint density at radius 3 is 1.94 bits per heavy atom. The summed E-state index contributed by atoms with van der Waals surface area (Å²) in [5, 5.41) is 2.80. The molecule has 0 aromatic rings. The molecule has 0 aromatic heterocycles. The number of hydrogen-bond donors (Lipinski definition) is 1. The molecule has 0 aliphatic heterocycles. The fraction of sp³-hybridized carbons (Fsp3) is 0.360. The van der Waals surface area contributed by atoms with Crippen LogP contribution in [0.5, 0.6) is 0 Å². The lowest BCUT2D eigenvalue weighted by molar-refractivity contribution is -0.133. The second-order valence-corrected chi connectivity index (χ2v) is 10.3. The first-order valence-electron chi connectivity index (χ1n) is 10.6. The van der Waals surface area contributed by atoms with E-state index < -0.39 is 23.0 Å². The topological polar surface area (TPSA) is 49.4 Å². The highest BCUT2D eigenvalue weighted by atomic mass is 32.2. The molecule has 2 amide bonds. The van der Waals surface area contributed by atoms with Gasteiger partial charge in [-0.25, -0.2) is 8.78 Å². The molecule has 2 unspecified atom stereocenters. The Hall–Kier alpha value is -2.19. The minimum absolute atomic E-state index is 0.112. The number of alkyl halides is 2. The number of carbonyl (C=O) groups is 2. The molecule has 0 aliphatic rings. The van der Waals surface area contributed by atoms with Gasteiger partial charge in [-0.3, -0.25) is 9.59 Å². The van der Waals surface area contributed by atoms with Gasteiger partial charge in [-0.05, 0) is 60.5 Å². The summed E-state index contributed by atoms with van der Waals surface area (Å²) in [5.41, 5.74) is -5.54. The van der Waals surface area contributed by atoms with Crippen molar-refractivity contribution >= 4 is 51.0 Å². The Kier molecular flexibility index (Phi) is 13.5. The van der Waals surface area contributed by atoms with Gasteiger partial charge >= 0.3 is 0 Å². The van der Waals surface area contributed by atoms with Crippen LogP contribution in [0.3, 0.4) is 0 Å². The molecule has 0 spiro atoms. The molecular weight excluding hydrogens is 484 g/mol. The van der Waals surface area contributed by atoms with Crippen LogP contribution in [0.4, 0.5) is 8.78 Å². The van der Waals surface area contributed by atoms with Crippen LogP contribution in [0.2, 0.25) is 0 Å². The fourth-order valence-corrected chi connectivity index (χ4v) is 3.97. The van der Waals surface area contributed by atoms with Crippen molar-refractivity contribution in [2.45, 2.75) is 50.7 Å². The standard InChI is InChI=1S/C25H32B2F2N2O2S2/c1-10-16(3)24(26,28)22(32)30-20(7)34-18(5)14-12-13-15-19(6)35-21(8)31(9)23(33)25(27,29)17(4)11-2/h10-11H,1,3,5-8,12-15H2,2,4,9H3,(H,30,32)/b17-11+. The number of allylic oxidation sites excluding steroid dienone is 4. The van der Waals surface area contributed by atoms with Crippen molar-refractivity contribution in [1.29, 1.82) is 0 Å². The average Bonchev–Trinajstić information content (AvgIpc) is 2.78. The summed E-state index contributed by atoms with van der Waals surface area (Å²) >= 11 is 2.29. The summed E-state index contributed by atoms with van der Waals surface area (Å²) in [6.45, 7) is 25.2. The molecule has 0 aliphatic carbocycles. The van der Waals surface area contributed by atoms with Crippen molar-refractivity contribution in [2.24, 2.45) is 0 Å². The van der Waals surface area contributed by atoms with E-state index in [-0.39, 0.29) is 16.2 Å². The number of halogens is 2. The summed E-state index contributed by atoms with van der Waals surface area (Å²) in [5.74, 6) is -2.00. The van der Waals surface area contributed by atoms with Gasteiger partial charge < -0.3 is 10.2 Å². The van der Waals surface area contributed by atoms with E-state index in [2.05, 4.69) is 44.8 Å². The highest BCUT2D eigenvalue weighted by Gasteiger charge is 2.37. The maximum Gasteiger partial charge on any atom is 0.258 e. The number of nitrogens with one attached hydrogen (secondary N) is 1. The smallest absolute Gasteiger partial charge is 0.258 e. The van der Waals surface area contributed by atoms with E-state index >= 15 is 0 Å². The summed E-state index contributed by atoms with van der Waals surface area (Å²) < 4.78 is 28.8. The Bertz CT molecular complexity index is 944. The van der Waals surface area contributed by atoms with Crippen molar-refractivity contribution in [3.63, 3.8) is 0 Å². The minimum atomic E-state index is -2.78. The van der Waals surface area contributed by atoms with Crippen molar-refractivity contribution in [3.05, 3.63) is 82.6 Å². The maximum absolute atomic E-state index is 14.6. The Labute approximate surface area is 219 Å². The van der Waals surface area contributed by atoms with Gasteiger partial charge in [-0.15, -0.1) is 0 Å². The summed E-state index contributed by atoms with van der Waals surface area (Å²) in [6.07, 6.45) is 5.26. The highest BCUT2D eigenvalue weighted by molar-refractivity contribution is 8.06. The summed E-state index contributed by atoms with van der Waals surface area (Å²) in [7, 11) is 12.3. The molecule has 186 valence electrons. The lowest BCUT2D eigenvalue weighted by Crippen LogP contribution is -2.44. The van der Waals surface area contributed by atoms with E-state index in [1.807, 2.05) is 0 Å². The second-order valence-electron chi connectivity index (χ2n) is 7.75. The normalized spacial score (nSPS) is 14.6. The van der Waals surface area contributed by atoms with Crippen LogP contribution in [0, 0.1) is 0 Å². The zero-order chi connectivity index (χ0) is 27.6. The molecule has 0 saturated heterocycles. The van der Waals surface area contributed by atoms with Gasteiger partial charge in [0.05, 0.1) is 10.1 Å². The van der Waals surface area contributed by atoms with E-state index in [1.165, 1.54) is 31.8 Å². The maximum atomic E-state index is 14.6. The third kappa shape index (κ3) is 10.1. The van der Waals surface area contributed by atoms with Crippen molar-refractivity contribution in [2.75, 3.05) is 7.05 Å². The number of thioether (sulfide) groups is 2. The molecule has 35 heavy (non-hydrogen) atoms. The van der Waals surface area contributed by atoms with E-state index in [0.29, 0.717) is 22.8 Å². The van der Waals surface area contributed by atoms with Crippen LogP contribution < -0.4 is 5.32 Å². The minimum Gasteiger partial charge on any atom is -0.319 e. The SMILES string of the molecule is [B]C(F)(C(=C)C=C)C(=O)NC(=C)SC(=C)CCCCC(=C)SC(=C)N(C)C(=O)C([B])(F)/C(C)=C/C. The number of carbonyl (C=O) groups excluding carboxylic acids is 2. The zero-order valence-electron chi connectivity index (χ0n) is 20.7. The molecular formula is C25H32B2F2N2O2S2. The van der Waals surface area contributed by atoms with Gasteiger partial charge in [-0.1, -0.05) is 75.1 Å². The summed E-state index contributed by atoms with van der Waals surface area (Å²) in [4.78, 5) is 26.9. The Morgan fingerprint density at radius 2 is 1.49 bits per heavy atom. The number of rotatable bonds is 16. The van der Waals surface area contributed by atoms with Gasteiger partial charge in [0.2, 0.25) is 0 Å². The molecule has 2 atom stereocenters. The predicted octanol–water partition coefficient (Wildman–Crippen LogP) is 5.93. The molecule has 4 radical (unpaired) electrons. The number of nitrogens with zero attached hydrogens (tertiary/aromatic N) is 1. The van der Waals surface area contributed by atoms with Gasteiger partial charge in [0.15, 0.2) is 11.1 Å². The van der Waals surface area contributed by atoms with Gasteiger partial charge in [0.1, 0.15) is 15.7 Å². The van der Waals surface area contributed by atoms with Gasteiger partial charge in [-0.2, -0.15) is 0 Å². The van der Waals surface area contributed by atoms with Crippen LogP contribution in [0.15, 0.2) is 82.6 Å². The van der Waals surface area contributed by atoms with Gasteiger partial charge in [0, 0.05) is 7.05 Å².